The van der Waals surface area contributed by atoms with E-state index in [0.717, 1.165) is 37.7 Å². The molecule has 1 saturated carbocycles. The van der Waals surface area contributed by atoms with Gasteiger partial charge in [-0.05, 0) is 61.7 Å². The van der Waals surface area contributed by atoms with Gasteiger partial charge in [0.25, 0.3) is 0 Å². The third kappa shape index (κ3) is 4.48. The molecule has 0 radical (unpaired) electrons. The van der Waals surface area contributed by atoms with Gasteiger partial charge in [-0.1, -0.05) is 37.5 Å². The second-order valence-electron chi connectivity index (χ2n) is 11.6. The zero-order chi connectivity index (χ0) is 28.8. The summed E-state index contributed by atoms with van der Waals surface area (Å²) in [5, 5.41) is 6.19. The molecule has 2 N–H and O–H groups in total. The van der Waals surface area contributed by atoms with Crippen LogP contribution in [0.1, 0.15) is 44.6 Å². The smallest absolute Gasteiger partial charge is 0.246 e. The van der Waals surface area contributed by atoms with Crippen LogP contribution in [-0.2, 0) is 25.7 Å². The number of carbonyl (C=O) groups excluding carboxylic acids is 3. The van der Waals surface area contributed by atoms with E-state index in [2.05, 4.69) is 10.6 Å². The van der Waals surface area contributed by atoms with Crippen molar-refractivity contribution in [2.45, 2.75) is 69.4 Å². The highest BCUT2D eigenvalue weighted by atomic mass is 16.7. The molecule has 220 valence electrons. The molecule has 10 heteroatoms. The Labute approximate surface area is 244 Å². The number of ether oxygens (including phenoxy) is 4. The zero-order valence-electron chi connectivity index (χ0n) is 23.5. The largest absolute Gasteiger partial charge is 0.494 e. The van der Waals surface area contributed by atoms with Crippen molar-refractivity contribution in [1.29, 1.82) is 0 Å². The third-order valence-electron chi connectivity index (χ3n) is 9.10. The van der Waals surface area contributed by atoms with E-state index in [4.69, 9.17) is 18.9 Å². The number of hydrogen-bond donors (Lipinski definition) is 2. The lowest BCUT2D eigenvalue weighted by Gasteiger charge is -2.34. The molecule has 0 unspecified atom stereocenters. The van der Waals surface area contributed by atoms with Crippen molar-refractivity contribution in [3.8, 4) is 17.2 Å². The topological polar surface area (TPSA) is 115 Å². The quantitative estimate of drug-likeness (QED) is 0.464. The summed E-state index contributed by atoms with van der Waals surface area (Å²) in [5.41, 5.74) is 0.171. The van der Waals surface area contributed by atoms with Crippen molar-refractivity contribution in [2.75, 3.05) is 18.7 Å². The molecular formula is C32H35N3O7. The molecule has 5 atom stereocenters. The average Bonchev–Trinajstić information content (AvgIpc) is 3.76. The van der Waals surface area contributed by atoms with E-state index in [-0.39, 0.29) is 37.1 Å². The molecule has 7 rings (SSSR count). The highest BCUT2D eigenvalue weighted by Gasteiger charge is 2.72. The summed E-state index contributed by atoms with van der Waals surface area (Å²) in [5.74, 6) is -0.476. The van der Waals surface area contributed by atoms with E-state index < -0.39 is 29.6 Å². The number of carbonyl (C=O) groups is 3. The molecule has 4 heterocycles. The van der Waals surface area contributed by atoms with Crippen molar-refractivity contribution >= 4 is 23.4 Å². The lowest BCUT2D eigenvalue weighted by Crippen LogP contribution is -2.56. The molecular weight excluding hydrogens is 538 g/mol. The predicted molar refractivity (Wildman–Crippen MR) is 152 cm³/mol. The fourth-order valence-corrected chi connectivity index (χ4v) is 7.23. The first kappa shape index (κ1) is 26.8. The molecule has 5 aliphatic rings. The SMILES string of the molecule is CCOc1ccc(NC(=O)[C@H]2[C@H]3C=C[C@@]4(O3)[C@H]2C(=O)N(Cc2ccc3c(c2)OCO3)[C@@H]4C(=O)NC2CCCCC2)cc1. The lowest BCUT2D eigenvalue weighted by molar-refractivity contribution is -0.142. The molecule has 42 heavy (non-hydrogen) atoms. The van der Waals surface area contributed by atoms with Crippen LogP contribution in [0.15, 0.2) is 54.6 Å². The summed E-state index contributed by atoms with van der Waals surface area (Å²) in [6.45, 7) is 2.77. The van der Waals surface area contributed by atoms with Gasteiger partial charge >= 0.3 is 0 Å². The van der Waals surface area contributed by atoms with E-state index in [1.807, 2.05) is 37.3 Å². The van der Waals surface area contributed by atoms with Crippen LogP contribution in [0, 0.1) is 11.8 Å². The van der Waals surface area contributed by atoms with Crippen molar-refractivity contribution < 1.29 is 33.3 Å². The van der Waals surface area contributed by atoms with Gasteiger partial charge in [0.05, 0.1) is 24.5 Å². The number of nitrogens with one attached hydrogen (secondary N) is 2. The summed E-state index contributed by atoms with van der Waals surface area (Å²) in [7, 11) is 0. The van der Waals surface area contributed by atoms with Crippen LogP contribution in [0.25, 0.3) is 0 Å². The van der Waals surface area contributed by atoms with Crippen molar-refractivity contribution in [2.24, 2.45) is 11.8 Å². The van der Waals surface area contributed by atoms with Gasteiger partial charge in [0.2, 0.25) is 24.5 Å². The maximum absolute atomic E-state index is 14.3. The Morgan fingerprint density at radius 1 is 1.02 bits per heavy atom. The Morgan fingerprint density at radius 3 is 2.60 bits per heavy atom. The zero-order valence-corrected chi connectivity index (χ0v) is 23.5. The van der Waals surface area contributed by atoms with E-state index >= 15 is 0 Å². The van der Waals surface area contributed by atoms with Crippen LogP contribution in [0.4, 0.5) is 5.69 Å². The van der Waals surface area contributed by atoms with Crippen molar-refractivity contribution in [1.82, 2.24) is 10.2 Å². The van der Waals surface area contributed by atoms with Crippen LogP contribution in [-0.4, -0.2) is 59.8 Å². The van der Waals surface area contributed by atoms with Crippen LogP contribution in [0.5, 0.6) is 17.2 Å². The first-order valence-corrected chi connectivity index (χ1v) is 14.9. The molecule has 10 nitrogen and oxygen atoms in total. The maximum atomic E-state index is 14.3. The second-order valence-corrected chi connectivity index (χ2v) is 11.6. The molecule has 1 aliphatic carbocycles. The molecule has 2 saturated heterocycles. The van der Waals surface area contributed by atoms with Gasteiger partial charge in [-0.2, -0.15) is 0 Å². The highest BCUT2D eigenvalue weighted by Crippen LogP contribution is 2.55. The Hall–Kier alpha value is -4.05. The molecule has 3 fully saturated rings. The van der Waals surface area contributed by atoms with Crippen LogP contribution in [0.3, 0.4) is 0 Å². The fourth-order valence-electron chi connectivity index (χ4n) is 7.23. The molecule has 0 aromatic heterocycles. The molecule has 1 spiro atoms. The normalized spacial score (nSPS) is 29.1. The van der Waals surface area contributed by atoms with E-state index in [0.29, 0.717) is 29.5 Å². The summed E-state index contributed by atoms with van der Waals surface area (Å²) < 4.78 is 23.0. The van der Waals surface area contributed by atoms with Gasteiger partial charge in [0, 0.05) is 18.3 Å². The number of amides is 3. The Kier molecular flexibility index (Phi) is 6.80. The van der Waals surface area contributed by atoms with Gasteiger partial charge in [-0.3, -0.25) is 14.4 Å². The average molecular weight is 574 g/mol. The standard InChI is InChI=1S/C32H35N3O7/c1-2-39-22-11-9-21(10-12-22)33-29(36)26-24-14-15-32(42-24)27(26)31(38)35(17-19-8-13-23-25(16-19)41-18-40-23)28(32)30(37)34-20-6-4-3-5-7-20/h8-16,20,24,26-28H,2-7,17-18H2,1H3,(H,33,36)(H,34,37)/t24-,26+,27-,28-,32-/m1/s1. The van der Waals surface area contributed by atoms with Gasteiger partial charge in [-0.25, -0.2) is 0 Å². The Morgan fingerprint density at radius 2 is 1.81 bits per heavy atom. The van der Waals surface area contributed by atoms with Gasteiger partial charge < -0.3 is 34.5 Å². The van der Waals surface area contributed by atoms with Gasteiger partial charge in [-0.15, -0.1) is 0 Å². The minimum absolute atomic E-state index is 0.0607. The minimum Gasteiger partial charge on any atom is -0.494 e. The fraction of sp³-hybridized carbons (Fsp3) is 0.469. The number of nitrogens with zero attached hydrogens (tertiary/aromatic N) is 1. The molecule has 3 amide bonds. The Balaban J connectivity index is 1.18. The summed E-state index contributed by atoms with van der Waals surface area (Å²) in [6.07, 6.45) is 8.19. The Bertz CT molecular complexity index is 1420. The van der Waals surface area contributed by atoms with E-state index in [9.17, 15) is 14.4 Å². The van der Waals surface area contributed by atoms with E-state index in [1.165, 1.54) is 0 Å². The van der Waals surface area contributed by atoms with Crippen molar-refractivity contribution in [3.63, 3.8) is 0 Å². The van der Waals surface area contributed by atoms with Gasteiger partial charge in [0.15, 0.2) is 11.5 Å². The molecule has 2 bridgehead atoms. The summed E-state index contributed by atoms with van der Waals surface area (Å²) >= 11 is 0. The van der Waals surface area contributed by atoms with Crippen molar-refractivity contribution in [3.05, 3.63) is 60.2 Å². The number of hydrogen-bond acceptors (Lipinski definition) is 7. The number of fused-ring (bicyclic) bond motifs is 2. The summed E-state index contributed by atoms with van der Waals surface area (Å²) in [4.78, 5) is 43.6. The number of benzene rings is 2. The molecule has 4 aliphatic heterocycles. The van der Waals surface area contributed by atoms with Gasteiger partial charge in [0.1, 0.15) is 17.4 Å². The number of rotatable bonds is 8. The third-order valence-corrected chi connectivity index (χ3v) is 9.10. The number of likely N-dealkylation sites (tertiary alicyclic amines) is 1. The number of anilines is 1. The van der Waals surface area contributed by atoms with Crippen LogP contribution in [0.2, 0.25) is 0 Å². The summed E-state index contributed by atoms with van der Waals surface area (Å²) in [6, 6.07) is 11.8. The maximum Gasteiger partial charge on any atom is 0.246 e. The molecule has 2 aromatic rings. The van der Waals surface area contributed by atoms with Crippen LogP contribution >= 0.6 is 0 Å². The predicted octanol–water partition coefficient (Wildman–Crippen LogP) is 3.55. The monoisotopic (exact) mass is 573 g/mol. The highest BCUT2D eigenvalue weighted by molar-refractivity contribution is 6.02. The molecule has 2 aromatic carbocycles. The van der Waals surface area contributed by atoms with E-state index in [1.54, 1.807) is 29.2 Å². The first-order chi connectivity index (χ1) is 20.5. The lowest BCUT2D eigenvalue weighted by atomic mass is 9.74. The minimum atomic E-state index is -1.22. The first-order valence-electron chi connectivity index (χ1n) is 14.9. The second kappa shape index (κ2) is 10.7. The van der Waals surface area contributed by atoms with Crippen LogP contribution < -0.4 is 24.8 Å².